The van der Waals surface area contributed by atoms with Gasteiger partial charge in [0, 0.05) is 6.08 Å². The molecule has 1 aromatic rings. The van der Waals surface area contributed by atoms with E-state index in [-0.39, 0.29) is 17.4 Å². The van der Waals surface area contributed by atoms with Crippen LogP contribution in [0, 0.1) is 17.2 Å². The Morgan fingerprint density at radius 2 is 1.77 bits per heavy atom. The van der Waals surface area contributed by atoms with Crippen LogP contribution in [0.25, 0.3) is 0 Å². The average molecular weight is 365 g/mol. The van der Waals surface area contributed by atoms with Gasteiger partial charge in [0.05, 0.1) is 11.6 Å². The second-order valence-electron chi connectivity index (χ2n) is 5.89. The summed E-state index contributed by atoms with van der Waals surface area (Å²) in [7, 11) is 0. The molecular formula is C19H18F3NO3. The number of hydrogen-bond donors (Lipinski definition) is 0. The maximum Gasteiger partial charge on any atom is 0.573 e. The SMILES string of the molecule is N#CC=CC=C[C@H]1CC[C@H](OC(=O)c2ccc(OC(F)(F)F)cc2)CC1. The van der Waals surface area contributed by atoms with E-state index < -0.39 is 12.3 Å². The van der Waals surface area contributed by atoms with Crippen molar-refractivity contribution >= 4 is 5.97 Å². The van der Waals surface area contributed by atoms with Crippen molar-refractivity contribution in [2.45, 2.75) is 38.1 Å². The van der Waals surface area contributed by atoms with Gasteiger partial charge in [-0.3, -0.25) is 0 Å². The van der Waals surface area contributed by atoms with Crippen molar-refractivity contribution in [1.82, 2.24) is 0 Å². The first-order valence-corrected chi connectivity index (χ1v) is 8.17. The normalized spacial score (nSPS) is 20.8. The first-order valence-electron chi connectivity index (χ1n) is 8.17. The first kappa shape index (κ1) is 19.6. The molecule has 4 nitrogen and oxygen atoms in total. The Balaban J connectivity index is 1.81. The molecular weight excluding hydrogens is 347 g/mol. The fourth-order valence-electron chi connectivity index (χ4n) is 2.73. The van der Waals surface area contributed by atoms with Crippen LogP contribution in [0.5, 0.6) is 5.75 Å². The van der Waals surface area contributed by atoms with Crippen molar-refractivity contribution in [2.24, 2.45) is 5.92 Å². The summed E-state index contributed by atoms with van der Waals surface area (Å²) in [6, 6.07) is 6.58. The standard InChI is InChI=1S/C19H18F3NO3/c20-19(21,22)26-17-11-7-15(8-12-17)18(24)25-16-9-5-14(6-10-16)4-2-1-3-13-23/h1-4,7-8,11-12,14,16H,5-6,9-10H2/t14-,16-. The Morgan fingerprint density at radius 3 is 2.35 bits per heavy atom. The number of carbonyl (C=O) groups excluding carboxylic acids is 1. The zero-order valence-corrected chi connectivity index (χ0v) is 13.9. The van der Waals surface area contributed by atoms with Crippen molar-refractivity contribution < 1.29 is 27.4 Å². The predicted octanol–water partition coefficient (Wildman–Crippen LogP) is 4.94. The molecule has 1 aliphatic rings. The van der Waals surface area contributed by atoms with E-state index in [2.05, 4.69) is 4.74 Å². The number of carbonyl (C=O) groups is 1. The van der Waals surface area contributed by atoms with Crippen LogP contribution in [0.2, 0.25) is 0 Å². The second kappa shape index (κ2) is 9.09. The number of esters is 1. The Kier molecular flexibility index (Phi) is 6.84. The second-order valence-corrected chi connectivity index (χ2v) is 5.89. The van der Waals surface area contributed by atoms with Gasteiger partial charge in [0.25, 0.3) is 0 Å². The predicted molar refractivity (Wildman–Crippen MR) is 88.2 cm³/mol. The molecule has 0 amide bonds. The molecule has 0 aliphatic heterocycles. The van der Waals surface area contributed by atoms with Crippen LogP contribution in [0.4, 0.5) is 13.2 Å². The van der Waals surface area contributed by atoms with Gasteiger partial charge in [-0.25, -0.2) is 4.79 Å². The van der Waals surface area contributed by atoms with Gasteiger partial charge in [-0.05, 0) is 55.9 Å². The molecule has 1 fully saturated rings. The Labute approximate surface area is 149 Å². The molecule has 7 heteroatoms. The van der Waals surface area contributed by atoms with Crippen molar-refractivity contribution in [3.63, 3.8) is 0 Å². The molecule has 2 rings (SSSR count). The quantitative estimate of drug-likeness (QED) is 0.421. The minimum Gasteiger partial charge on any atom is -0.459 e. The summed E-state index contributed by atoms with van der Waals surface area (Å²) in [6.45, 7) is 0. The fraction of sp³-hybridized carbons (Fsp3) is 0.368. The lowest BCUT2D eigenvalue weighted by atomic mass is 9.87. The van der Waals surface area contributed by atoms with E-state index in [4.69, 9.17) is 10.00 Å². The van der Waals surface area contributed by atoms with Gasteiger partial charge >= 0.3 is 12.3 Å². The first-order chi connectivity index (χ1) is 12.4. The lowest BCUT2D eigenvalue weighted by molar-refractivity contribution is -0.274. The van der Waals surface area contributed by atoms with Crippen molar-refractivity contribution in [3.05, 3.63) is 54.1 Å². The molecule has 0 bridgehead atoms. The molecule has 0 N–H and O–H groups in total. The van der Waals surface area contributed by atoms with E-state index in [0.29, 0.717) is 5.92 Å². The van der Waals surface area contributed by atoms with Crippen LogP contribution in [0.1, 0.15) is 36.0 Å². The van der Waals surface area contributed by atoms with Crippen LogP contribution in [-0.4, -0.2) is 18.4 Å². The summed E-state index contributed by atoms with van der Waals surface area (Å²) in [5.41, 5.74) is 0.184. The smallest absolute Gasteiger partial charge is 0.459 e. The third-order valence-electron chi connectivity index (χ3n) is 3.98. The molecule has 0 heterocycles. The van der Waals surface area contributed by atoms with Crippen LogP contribution < -0.4 is 4.74 Å². The monoisotopic (exact) mass is 365 g/mol. The van der Waals surface area contributed by atoms with Gasteiger partial charge in [0.1, 0.15) is 11.9 Å². The maximum atomic E-state index is 12.1. The van der Waals surface area contributed by atoms with E-state index in [1.54, 1.807) is 6.08 Å². The molecule has 1 aromatic carbocycles. The van der Waals surface area contributed by atoms with Gasteiger partial charge in [-0.2, -0.15) is 5.26 Å². The highest BCUT2D eigenvalue weighted by Crippen LogP contribution is 2.28. The minimum absolute atomic E-state index is 0.184. The molecule has 1 saturated carbocycles. The van der Waals surface area contributed by atoms with Gasteiger partial charge in [-0.1, -0.05) is 18.2 Å². The molecule has 1 aliphatic carbocycles. The topological polar surface area (TPSA) is 59.3 Å². The number of alkyl halides is 3. The lowest BCUT2D eigenvalue weighted by Crippen LogP contribution is -2.24. The summed E-state index contributed by atoms with van der Waals surface area (Å²) >= 11 is 0. The van der Waals surface area contributed by atoms with Crippen LogP contribution in [-0.2, 0) is 4.74 Å². The number of hydrogen-bond acceptors (Lipinski definition) is 4. The molecule has 0 saturated heterocycles. The Bertz CT molecular complexity index is 694. The Hall–Kier alpha value is -2.75. The summed E-state index contributed by atoms with van der Waals surface area (Å²) < 4.78 is 45.6. The van der Waals surface area contributed by atoms with E-state index >= 15 is 0 Å². The number of rotatable bonds is 5. The molecule has 0 unspecified atom stereocenters. The molecule has 0 atom stereocenters. The van der Waals surface area contributed by atoms with Crippen LogP contribution in [0.3, 0.4) is 0 Å². The third kappa shape index (κ3) is 6.63. The number of ether oxygens (including phenoxy) is 2. The van der Waals surface area contributed by atoms with Crippen LogP contribution in [0.15, 0.2) is 48.6 Å². The van der Waals surface area contributed by atoms with Gasteiger partial charge < -0.3 is 9.47 Å². The van der Waals surface area contributed by atoms with Crippen LogP contribution >= 0.6 is 0 Å². The number of allylic oxidation sites excluding steroid dienone is 4. The number of benzene rings is 1. The summed E-state index contributed by atoms with van der Waals surface area (Å²) in [5.74, 6) is -0.557. The zero-order valence-electron chi connectivity index (χ0n) is 13.9. The van der Waals surface area contributed by atoms with E-state index in [9.17, 15) is 18.0 Å². The highest BCUT2D eigenvalue weighted by Gasteiger charge is 2.31. The summed E-state index contributed by atoms with van der Waals surface area (Å²) in [6.07, 6.45) is 5.16. The van der Waals surface area contributed by atoms with Crippen molar-refractivity contribution in [1.29, 1.82) is 5.26 Å². The third-order valence-corrected chi connectivity index (χ3v) is 3.98. The minimum atomic E-state index is -4.76. The maximum absolute atomic E-state index is 12.1. The van der Waals surface area contributed by atoms with Gasteiger partial charge in [-0.15, -0.1) is 13.2 Å². The highest BCUT2D eigenvalue weighted by molar-refractivity contribution is 5.89. The average Bonchev–Trinajstić information content (AvgIpc) is 2.59. The molecule has 0 spiro atoms. The molecule has 26 heavy (non-hydrogen) atoms. The van der Waals surface area contributed by atoms with Crippen molar-refractivity contribution in [2.75, 3.05) is 0 Å². The number of halogens is 3. The zero-order chi connectivity index (χ0) is 19.0. The van der Waals surface area contributed by atoms with E-state index in [0.717, 1.165) is 37.8 Å². The van der Waals surface area contributed by atoms with Crippen molar-refractivity contribution in [3.8, 4) is 11.8 Å². The summed E-state index contributed by atoms with van der Waals surface area (Å²) in [4.78, 5) is 12.1. The molecule has 0 aromatic heterocycles. The summed E-state index contributed by atoms with van der Waals surface area (Å²) in [5, 5.41) is 8.40. The van der Waals surface area contributed by atoms with Gasteiger partial charge in [0.2, 0.25) is 0 Å². The number of nitriles is 1. The lowest BCUT2D eigenvalue weighted by Gasteiger charge is -2.26. The van der Waals surface area contributed by atoms with E-state index in [1.165, 1.54) is 18.2 Å². The molecule has 138 valence electrons. The highest BCUT2D eigenvalue weighted by atomic mass is 19.4. The molecule has 0 radical (unpaired) electrons. The van der Waals surface area contributed by atoms with Gasteiger partial charge in [0.15, 0.2) is 0 Å². The largest absolute Gasteiger partial charge is 0.573 e. The number of nitrogens with zero attached hydrogens (tertiary/aromatic N) is 1. The fourth-order valence-corrected chi connectivity index (χ4v) is 2.73. The Morgan fingerprint density at radius 1 is 1.12 bits per heavy atom. The van der Waals surface area contributed by atoms with E-state index in [1.807, 2.05) is 18.2 Å².